The van der Waals surface area contributed by atoms with Gasteiger partial charge >= 0.3 is 0 Å². The van der Waals surface area contributed by atoms with Gasteiger partial charge in [0.05, 0.1) is 6.20 Å². The highest BCUT2D eigenvalue weighted by molar-refractivity contribution is 8.15. The number of thiol groups is 1. The van der Waals surface area contributed by atoms with Gasteiger partial charge in [-0.2, -0.15) is 10.9 Å². The van der Waals surface area contributed by atoms with Gasteiger partial charge in [0.1, 0.15) is 10.8 Å². The standard InChI is InChI=1S/C6H10ClN3S/c1-11(2)6-9-3-4(7)5(8)10-6/h3,11H,1-2H3,(H2,8,9,10). The van der Waals surface area contributed by atoms with Crippen LogP contribution in [-0.4, -0.2) is 22.5 Å². The highest BCUT2D eigenvalue weighted by atomic mass is 35.5. The Morgan fingerprint density at radius 1 is 1.55 bits per heavy atom. The molecule has 0 atom stereocenters. The fourth-order valence-corrected chi connectivity index (χ4v) is 1.27. The molecule has 0 aliphatic heterocycles. The molecule has 0 bridgehead atoms. The third kappa shape index (κ3) is 1.97. The van der Waals surface area contributed by atoms with Crippen LogP contribution in [0.3, 0.4) is 0 Å². The van der Waals surface area contributed by atoms with E-state index in [9.17, 15) is 0 Å². The number of nitrogens with two attached hydrogens (primary N) is 1. The highest BCUT2D eigenvalue weighted by Crippen LogP contribution is 2.26. The van der Waals surface area contributed by atoms with Crippen molar-refractivity contribution in [1.82, 2.24) is 9.97 Å². The fraction of sp³-hybridized carbons (Fsp3) is 0.333. The Hall–Kier alpha value is -0.480. The number of hydrogen-bond donors (Lipinski definition) is 2. The van der Waals surface area contributed by atoms with Crippen LogP contribution in [0.5, 0.6) is 0 Å². The first kappa shape index (κ1) is 8.62. The second kappa shape index (κ2) is 3.28. The fourth-order valence-electron chi connectivity index (χ4n) is 0.586. The molecule has 0 spiro atoms. The van der Waals surface area contributed by atoms with Gasteiger partial charge in [-0.3, -0.25) is 0 Å². The molecule has 0 saturated carbocycles. The minimum Gasteiger partial charge on any atom is -0.382 e. The van der Waals surface area contributed by atoms with Crippen molar-refractivity contribution < 1.29 is 0 Å². The van der Waals surface area contributed by atoms with Gasteiger partial charge in [0, 0.05) is 0 Å². The summed E-state index contributed by atoms with van der Waals surface area (Å²) in [5, 5.41) is 1.22. The number of hydrogen-bond acceptors (Lipinski definition) is 3. The Kier molecular flexibility index (Phi) is 2.57. The van der Waals surface area contributed by atoms with Crippen LogP contribution in [0.2, 0.25) is 5.02 Å². The quantitative estimate of drug-likeness (QED) is 0.520. The molecule has 0 aliphatic rings. The predicted molar refractivity (Wildman–Crippen MR) is 50.6 cm³/mol. The van der Waals surface area contributed by atoms with E-state index < -0.39 is 0 Å². The first-order chi connectivity index (χ1) is 5.11. The molecule has 2 N–H and O–H groups in total. The molecule has 0 aromatic carbocycles. The van der Waals surface area contributed by atoms with Crippen LogP contribution in [0.4, 0.5) is 5.82 Å². The molecular formula is C6H10ClN3S. The maximum Gasteiger partial charge on any atom is 0.169 e. The van der Waals surface area contributed by atoms with Gasteiger partial charge in [0.15, 0.2) is 5.16 Å². The Morgan fingerprint density at radius 3 is 2.64 bits per heavy atom. The van der Waals surface area contributed by atoms with E-state index in [0.717, 1.165) is 5.16 Å². The molecule has 1 aromatic heterocycles. The lowest BCUT2D eigenvalue weighted by molar-refractivity contribution is 0.974. The summed E-state index contributed by atoms with van der Waals surface area (Å²) in [6, 6.07) is 0. The molecule has 5 heteroatoms. The number of anilines is 1. The van der Waals surface area contributed by atoms with Crippen molar-refractivity contribution in [2.24, 2.45) is 0 Å². The second-order valence-electron chi connectivity index (χ2n) is 2.30. The van der Waals surface area contributed by atoms with Crippen molar-refractivity contribution in [2.45, 2.75) is 5.16 Å². The molecule has 0 amide bonds. The summed E-state index contributed by atoms with van der Waals surface area (Å²) >= 11 is 5.64. The topological polar surface area (TPSA) is 51.8 Å². The summed E-state index contributed by atoms with van der Waals surface area (Å²) in [5.74, 6) is 0.368. The van der Waals surface area contributed by atoms with Gasteiger partial charge in [-0.15, -0.1) is 0 Å². The smallest absolute Gasteiger partial charge is 0.169 e. The van der Waals surface area contributed by atoms with Crippen LogP contribution < -0.4 is 5.73 Å². The number of nitrogen functional groups attached to an aromatic ring is 1. The third-order valence-electron chi connectivity index (χ3n) is 1.16. The SMILES string of the molecule is C[SH](C)c1ncc(Cl)c(N)n1. The Morgan fingerprint density at radius 2 is 2.18 bits per heavy atom. The molecule has 0 radical (unpaired) electrons. The van der Waals surface area contributed by atoms with Gasteiger partial charge in [-0.1, -0.05) is 11.6 Å². The lowest BCUT2D eigenvalue weighted by Crippen LogP contribution is -1.96. The predicted octanol–water partition coefficient (Wildman–Crippen LogP) is 1.33. The average Bonchev–Trinajstić information content (AvgIpc) is 1.94. The van der Waals surface area contributed by atoms with E-state index in [2.05, 4.69) is 22.5 Å². The first-order valence-electron chi connectivity index (χ1n) is 3.06. The molecule has 0 unspecified atom stereocenters. The van der Waals surface area contributed by atoms with Gasteiger partial charge in [0.25, 0.3) is 0 Å². The van der Waals surface area contributed by atoms with E-state index >= 15 is 0 Å². The largest absolute Gasteiger partial charge is 0.382 e. The van der Waals surface area contributed by atoms with E-state index in [4.69, 9.17) is 17.3 Å². The lowest BCUT2D eigenvalue weighted by Gasteiger charge is -2.07. The van der Waals surface area contributed by atoms with E-state index in [1.807, 2.05) is 0 Å². The molecule has 1 heterocycles. The molecule has 3 nitrogen and oxygen atoms in total. The summed E-state index contributed by atoms with van der Waals surface area (Å²) in [7, 11) is -0.285. The molecule has 11 heavy (non-hydrogen) atoms. The molecule has 0 fully saturated rings. The van der Waals surface area contributed by atoms with Crippen molar-refractivity contribution >= 4 is 28.3 Å². The maximum atomic E-state index is 5.64. The monoisotopic (exact) mass is 191 g/mol. The van der Waals surface area contributed by atoms with Crippen molar-refractivity contribution in [1.29, 1.82) is 0 Å². The van der Waals surface area contributed by atoms with Crippen molar-refractivity contribution in [3.05, 3.63) is 11.2 Å². The number of rotatable bonds is 1. The van der Waals surface area contributed by atoms with E-state index in [-0.39, 0.29) is 10.9 Å². The molecule has 0 saturated heterocycles. The zero-order valence-corrected chi connectivity index (χ0v) is 8.02. The molecular weight excluding hydrogens is 182 g/mol. The van der Waals surface area contributed by atoms with Crippen LogP contribution in [0.15, 0.2) is 11.4 Å². The molecule has 1 rings (SSSR count). The van der Waals surface area contributed by atoms with E-state index in [1.165, 1.54) is 0 Å². The van der Waals surface area contributed by atoms with Gasteiger partial charge in [-0.05, 0) is 12.5 Å². The summed E-state index contributed by atoms with van der Waals surface area (Å²) in [4.78, 5) is 8.08. The normalized spacial score (nSPS) is 11.4. The Labute approximate surface area is 73.3 Å². The van der Waals surface area contributed by atoms with E-state index in [1.54, 1.807) is 6.20 Å². The minimum absolute atomic E-state index is 0.285. The lowest BCUT2D eigenvalue weighted by atomic mass is 10.6. The van der Waals surface area contributed by atoms with Crippen LogP contribution >= 0.6 is 22.5 Å². The number of halogens is 1. The minimum atomic E-state index is -0.285. The average molecular weight is 192 g/mol. The van der Waals surface area contributed by atoms with Gasteiger partial charge in [0.2, 0.25) is 0 Å². The van der Waals surface area contributed by atoms with Crippen LogP contribution in [0.25, 0.3) is 0 Å². The Bertz CT molecular complexity index is 264. The van der Waals surface area contributed by atoms with Crippen molar-refractivity contribution in [3.8, 4) is 0 Å². The van der Waals surface area contributed by atoms with Gasteiger partial charge in [-0.25, -0.2) is 9.97 Å². The molecule has 0 aliphatic carbocycles. The summed E-state index contributed by atoms with van der Waals surface area (Å²) < 4.78 is 0. The van der Waals surface area contributed by atoms with Crippen molar-refractivity contribution in [3.63, 3.8) is 0 Å². The number of nitrogens with zero attached hydrogens (tertiary/aromatic N) is 2. The third-order valence-corrected chi connectivity index (χ3v) is 2.47. The zero-order chi connectivity index (χ0) is 8.43. The first-order valence-corrected chi connectivity index (χ1v) is 5.68. The summed E-state index contributed by atoms with van der Waals surface area (Å²) in [6.07, 6.45) is 5.68. The van der Waals surface area contributed by atoms with Gasteiger partial charge < -0.3 is 5.73 Å². The molecule has 62 valence electrons. The summed E-state index contributed by atoms with van der Waals surface area (Å²) in [6.45, 7) is 0. The zero-order valence-electron chi connectivity index (χ0n) is 6.37. The Balaban J connectivity index is 3.05. The van der Waals surface area contributed by atoms with Crippen LogP contribution in [-0.2, 0) is 0 Å². The van der Waals surface area contributed by atoms with E-state index in [0.29, 0.717) is 10.8 Å². The summed E-state index contributed by atoms with van der Waals surface area (Å²) in [5.41, 5.74) is 5.49. The van der Waals surface area contributed by atoms with Crippen molar-refractivity contribution in [2.75, 3.05) is 18.2 Å². The number of aromatic nitrogens is 2. The maximum absolute atomic E-state index is 5.64. The van der Waals surface area contributed by atoms with Crippen LogP contribution in [0.1, 0.15) is 0 Å². The van der Waals surface area contributed by atoms with Crippen LogP contribution in [0, 0.1) is 0 Å². The molecule has 1 aromatic rings. The highest BCUT2D eigenvalue weighted by Gasteiger charge is 2.02. The second-order valence-corrected chi connectivity index (χ2v) is 4.89.